The van der Waals surface area contributed by atoms with E-state index in [0.29, 0.717) is 6.04 Å². The Morgan fingerprint density at radius 3 is 1.85 bits per heavy atom. The normalized spacial score (nSPS) is 12.1. The number of hydrogen-bond acceptors (Lipinski definition) is 2. The van der Waals surface area contributed by atoms with Crippen LogP contribution in [0.2, 0.25) is 0 Å². The Hall–Kier alpha value is -3.52. The van der Waals surface area contributed by atoms with Crippen LogP contribution in [0, 0.1) is 0 Å². The molecule has 0 amide bonds. The second kappa shape index (κ2) is 8.12. The van der Waals surface area contributed by atoms with E-state index in [4.69, 9.17) is 4.42 Å². The molecule has 0 N–H and O–H groups in total. The van der Waals surface area contributed by atoms with Gasteiger partial charge in [0.15, 0.2) is 0 Å². The Bertz CT molecular complexity index is 1400. The van der Waals surface area contributed by atoms with Crippen molar-refractivity contribution < 1.29 is 4.42 Å². The third kappa shape index (κ3) is 4.02. The fourth-order valence-corrected chi connectivity index (χ4v) is 4.59. The molecule has 4 aromatic carbocycles. The summed E-state index contributed by atoms with van der Waals surface area (Å²) in [6, 6.07) is 32.9. The van der Waals surface area contributed by atoms with E-state index in [0.717, 1.165) is 27.6 Å². The molecule has 0 fully saturated rings. The van der Waals surface area contributed by atoms with Crippen molar-refractivity contribution in [2.45, 2.75) is 46.1 Å². The van der Waals surface area contributed by atoms with Crippen molar-refractivity contribution in [3.05, 3.63) is 96.6 Å². The standard InChI is InChI=1S/C31H31NO/c1-21(2)32(26-18-19-28-27-8-6-7-9-29(27)33-30(28)20-26)25-16-12-23(13-17-25)22-10-14-24(15-11-22)31(3,4)5/h6-21H,1-5H3. The molecule has 166 valence electrons. The van der Waals surface area contributed by atoms with Gasteiger partial charge in [-0.25, -0.2) is 0 Å². The minimum atomic E-state index is 0.168. The Labute approximate surface area is 196 Å². The molecule has 33 heavy (non-hydrogen) atoms. The van der Waals surface area contributed by atoms with Gasteiger partial charge in [-0.3, -0.25) is 0 Å². The molecule has 5 rings (SSSR count). The number of furan rings is 1. The molecule has 0 saturated carbocycles. The first-order chi connectivity index (χ1) is 15.8. The second-order valence-corrected chi connectivity index (χ2v) is 10.1. The quantitative estimate of drug-likeness (QED) is 0.281. The van der Waals surface area contributed by atoms with Crippen molar-refractivity contribution in [3.8, 4) is 11.1 Å². The molecule has 5 aromatic rings. The average Bonchev–Trinajstić information content (AvgIpc) is 3.17. The van der Waals surface area contributed by atoms with Gasteiger partial charge < -0.3 is 9.32 Å². The predicted molar refractivity (Wildman–Crippen MR) is 142 cm³/mol. The summed E-state index contributed by atoms with van der Waals surface area (Å²) in [5, 5.41) is 2.32. The topological polar surface area (TPSA) is 16.4 Å². The molecule has 0 saturated heterocycles. The highest BCUT2D eigenvalue weighted by Gasteiger charge is 2.16. The van der Waals surface area contributed by atoms with E-state index < -0.39 is 0 Å². The minimum absolute atomic E-state index is 0.168. The third-order valence-electron chi connectivity index (χ3n) is 6.39. The lowest BCUT2D eigenvalue weighted by Gasteiger charge is -2.29. The van der Waals surface area contributed by atoms with Gasteiger partial charge in [-0.05, 0) is 66.3 Å². The first-order valence-electron chi connectivity index (χ1n) is 11.7. The first-order valence-corrected chi connectivity index (χ1v) is 11.7. The molecule has 0 radical (unpaired) electrons. The van der Waals surface area contributed by atoms with Crippen LogP contribution in [0.4, 0.5) is 11.4 Å². The Kier molecular flexibility index (Phi) is 5.25. The maximum atomic E-state index is 6.14. The summed E-state index contributed by atoms with van der Waals surface area (Å²) in [4.78, 5) is 2.36. The molecule has 1 heterocycles. The van der Waals surface area contributed by atoms with E-state index in [1.807, 2.05) is 12.1 Å². The summed E-state index contributed by atoms with van der Waals surface area (Å²) >= 11 is 0. The van der Waals surface area contributed by atoms with Crippen molar-refractivity contribution >= 4 is 33.3 Å². The van der Waals surface area contributed by atoms with E-state index in [1.165, 1.54) is 22.4 Å². The first kappa shape index (κ1) is 21.3. The maximum absolute atomic E-state index is 6.14. The lowest BCUT2D eigenvalue weighted by atomic mass is 9.86. The van der Waals surface area contributed by atoms with Crippen LogP contribution in [-0.4, -0.2) is 6.04 Å². The molecular formula is C31H31NO. The van der Waals surface area contributed by atoms with Crippen molar-refractivity contribution in [2.75, 3.05) is 4.90 Å². The van der Waals surface area contributed by atoms with E-state index in [-0.39, 0.29) is 5.41 Å². The molecule has 0 aliphatic carbocycles. The highest BCUT2D eigenvalue weighted by molar-refractivity contribution is 6.05. The monoisotopic (exact) mass is 433 g/mol. The van der Waals surface area contributed by atoms with Crippen LogP contribution in [0.5, 0.6) is 0 Å². The fraction of sp³-hybridized carbons (Fsp3) is 0.226. The SMILES string of the molecule is CC(C)N(c1ccc(-c2ccc(C(C)(C)C)cc2)cc1)c1ccc2c(c1)oc1ccccc12. The number of benzene rings is 4. The molecule has 0 aliphatic heterocycles. The summed E-state index contributed by atoms with van der Waals surface area (Å²) in [7, 11) is 0. The molecule has 2 nitrogen and oxygen atoms in total. The lowest BCUT2D eigenvalue weighted by molar-refractivity contribution is 0.590. The largest absolute Gasteiger partial charge is 0.456 e. The number of fused-ring (bicyclic) bond motifs is 3. The summed E-state index contributed by atoms with van der Waals surface area (Å²) in [5.74, 6) is 0. The zero-order valence-electron chi connectivity index (χ0n) is 20.1. The Balaban J connectivity index is 1.48. The van der Waals surface area contributed by atoms with Gasteiger partial charge in [-0.15, -0.1) is 0 Å². The highest BCUT2D eigenvalue weighted by atomic mass is 16.3. The van der Waals surface area contributed by atoms with Crippen LogP contribution in [0.15, 0.2) is 95.4 Å². The van der Waals surface area contributed by atoms with E-state index in [2.05, 4.69) is 118 Å². The summed E-state index contributed by atoms with van der Waals surface area (Å²) in [6.45, 7) is 11.2. The summed E-state index contributed by atoms with van der Waals surface area (Å²) in [5.41, 5.74) is 8.17. The van der Waals surface area contributed by atoms with E-state index in [1.54, 1.807) is 0 Å². The molecule has 1 aromatic heterocycles. The molecular weight excluding hydrogens is 402 g/mol. The van der Waals surface area contributed by atoms with Crippen molar-refractivity contribution in [1.29, 1.82) is 0 Å². The van der Waals surface area contributed by atoms with Gasteiger partial charge in [0, 0.05) is 34.3 Å². The van der Waals surface area contributed by atoms with Crippen LogP contribution < -0.4 is 4.90 Å². The van der Waals surface area contributed by atoms with Crippen LogP contribution in [-0.2, 0) is 5.41 Å². The van der Waals surface area contributed by atoms with Crippen LogP contribution in [0.3, 0.4) is 0 Å². The van der Waals surface area contributed by atoms with Crippen LogP contribution >= 0.6 is 0 Å². The zero-order valence-corrected chi connectivity index (χ0v) is 20.1. The van der Waals surface area contributed by atoms with Gasteiger partial charge in [0.2, 0.25) is 0 Å². The summed E-state index contributed by atoms with van der Waals surface area (Å²) in [6.07, 6.45) is 0. The molecule has 0 atom stereocenters. The number of para-hydroxylation sites is 1. The molecule has 0 spiro atoms. The smallest absolute Gasteiger partial charge is 0.137 e. The number of nitrogens with zero attached hydrogens (tertiary/aromatic N) is 1. The molecule has 0 aliphatic rings. The number of rotatable bonds is 4. The van der Waals surface area contributed by atoms with Gasteiger partial charge in [-0.2, -0.15) is 0 Å². The van der Waals surface area contributed by atoms with E-state index in [9.17, 15) is 0 Å². The zero-order chi connectivity index (χ0) is 23.2. The molecule has 2 heteroatoms. The minimum Gasteiger partial charge on any atom is -0.456 e. The second-order valence-electron chi connectivity index (χ2n) is 10.1. The van der Waals surface area contributed by atoms with Crippen molar-refractivity contribution in [1.82, 2.24) is 0 Å². The van der Waals surface area contributed by atoms with Crippen LogP contribution in [0.25, 0.3) is 33.1 Å². The van der Waals surface area contributed by atoms with Crippen molar-refractivity contribution in [2.24, 2.45) is 0 Å². The fourth-order valence-electron chi connectivity index (χ4n) is 4.59. The summed E-state index contributed by atoms with van der Waals surface area (Å²) < 4.78 is 6.14. The maximum Gasteiger partial charge on any atom is 0.137 e. The third-order valence-corrected chi connectivity index (χ3v) is 6.39. The van der Waals surface area contributed by atoms with Gasteiger partial charge in [-0.1, -0.05) is 75.4 Å². The van der Waals surface area contributed by atoms with Gasteiger partial charge in [0.1, 0.15) is 11.2 Å². The van der Waals surface area contributed by atoms with Gasteiger partial charge in [0.25, 0.3) is 0 Å². The molecule has 0 bridgehead atoms. The molecule has 0 unspecified atom stereocenters. The van der Waals surface area contributed by atoms with Crippen LogP contribution in [0.1, 0.15) is 40.2 Å². The average molecular weight is 434 g/mol. The van der Waals surface area contributed by atoms with E-state index >= 15 is 0 Å². The predicted octanol–water partition coefficient (Wildman–Crippen LogP) is 9.10. The number of hydrogen-bond donors (Lipinski definition) is 0. The van der Waals surface area contributed by atoms with Gasteiger partial charge in [0.05, 0.1) is 0 Å². The highest BCUT2D eigenvalue weighted by Crippen LogP contribution is 2.36. The Morgan fingerprint density at radius 1 is 0.636 bits per heavy atom. The number of anilines is 2. The lowest BCUT2D eigenvalue weighted by Crippen LogP contribution is -2.25. The van der Waals surface area contributed by atoms with Gasteiger partial charge >= 0.3 is 0 Å². The van der Waals surface area contributed by atoms with Crippen molar-refractivity contribution in [3.63, 3.8) is 0 Å². The Morgan fingerprint density at radius 2 is 1.21 bits per heavy atom.